The van der Waals surface area contributed by atoms with Crippen LogP contribution in [0, 0.1) is 6.92 Å². The normalized spacial score (nSPS) is 17.8. The second-order valence-electron chi connectivity index (χ2n) is 5.87. The van der Waals surface area contributed by atoms with Crippen LogP contribution in [0.3, 0.4) is 0 Å². The molecule has 1 saturated heterocycles. The van der Waals surface area contributed by atoms with Gasteiger partial charge in [-0.05, 0) is 38.3 Å². The monoisotopic (exact) mass is 303 g/mol. The number of hydrogen-bond donors (Lipinski definition) is 3. The van der Waals surface area contributed by atoms with Gasteiger partial charge in [-0.2, -0.15) is 0 Å². The molecule has 2 amide bonds. The molecule has 0 radical (unpaired) electrons. The average molecular weight is 303 g/mol. The largest absolute Gasteiger partial charge is 0.351 e. The zero-order chi connectivity index (χ0) is 15.8. The van der Waals surface area contributed by atoms with Gasteiger partial charge in [0, 0.05) is 19.0 Å². The van der Waals surface area contributed by atoms with E-state index >= 15 is 0 Å². The minimum atomic E-state index is -0.114. The minimum Gasteiger partial charge on any atom is -0.351 e. The number of amides is 2. The summed E-state index contributed by atoms with van der Waals surface area (Å²) in [6, 6.07) is 8.33. The summed E-state index contributed by atoms with van der Waals surface area (Å²) in [4.78, 5) is 23.6. The predicted molar refractivity (Wildman–Crippen MR) is 86.5 cm³/mol. The van der Waals surface area contributed by atoms with Crippen molar-refractivity contribution in [3.8, 4) is 0 Å². The van der Waals surface area contributed by atoms with Crippen LogP contribution in [0.25, 0.3) is 0 Å². The first-order valence-corrected chi connectivity index (χ1v) is 7.96. The van der Waals surface area contributed by atoms with Gasteiger partial charge in [-0.3, -0.25) is 9.59 Å². The summed E-state index contributed by atoms with van der Waals surface area (Å²) < 4.78 is 0. The molecule has 22 heavy (non-hydrogen) atoms. The number of aryl methyl sites for hydroxylation is 2. The van der Waals surface area contributed by atoms with E-state index < -0.39 is 0 Å². The van der Waals surface area contributed by atoms with Gasteiger partial charge in [0.05, 0.1) is 6.54 Å². The molecule has 2 rings (SSSR count). The third-order valence-electron chi connectivity index (χ3n) is 3.87. The van der Waals surface area contributed by atoms with Crippen molar-refractivity contribution in [3.05, 3.63) is 35.4 Å². The highest BCUT2D eigenvalue weighted by Gasteiger charge is 2.15. The van der Waals surface area contributed by atoms with Crippen LogP contribution in [0.1, 0.15) is 30.4 Å². The standard InChI is InChI=1S/C17H25N3O2/c1-13-4-6-14(7-5-13)8-9-16(21)19-12-17(22)20-15-3-2-10-18-11-15/h4-7,15,18H,2-3,8-12H2,1H3,(H,19,21)(H,20,22). The summed E-state index contributed by atoms with van der Waals surface area (Å²) in [5.74, 6) is -0.199. The van der Waals surface area contributed by atoms with Gasteiger partial charge in [-0.25, -0.2) is 0 Å². The highest BCUT2D eigenvalue weighted by Crippen LogP contribution is 2.05. The Kier molecular flexibility index (Phi) is 6.40. The second kappa shape index (κ2) is 8.54. The quantitative estimate of drug-likeness (QED) is 0.732. The first-order chi connectivity index (χ1) is 10.6. The number of carbonyl (C=O) groups excluding carboxylic acids is 2. The molecule has 1 atom stereocenters. The highest BCUT2D eigenvalue weighted by molar-refractivity contribution is 5.84. The fourth-order valence-corrected chi connectivity index (χ4v) is 2.53. The Morgan fingerprint density at radius 1 is 1.23 bits per heavy atom. The number of nitrogens with one attached hydrogen (secondary N) is 3. The predicted octanol–water partition coefficient (Wildman–Crippen LogP) is 0.912. The topological polar surface area (TPSA) is 70.2 Å². The van der Waals surface area contributed by atoms with Crippen LogP contribution in [0.15, 0.2) is 24.3 Å². The lowest BCUT2D eigenvalue weighted by Crippen LogP contribution is -2.48. The molecule has 0 spiro atoms. The number of hydrogen-bond acceptors (Lipinski definition) is 3. The fourth-order valence-electron chi connectivity index (χ4n) is 2.53. The first kappa shape index (κ1) is 16.5. The maximum Gasteiger partial charge on any atom is 0.239 e. The van der Waals surface area contributed by atoms with E-state index in [2.05, 4.69) is 16.0 Å². The van der Waals surface area contributed by atoms with Crippen LogP contribution in [-0.2, 0) is 16.0 Å². The van der Waals surface area contributed by atoms with Crippen molar-refractivity contribution >= 4 is 11.8 Å². The summed E-state index contributed by atoms with van der Waals surface area (Å²) in [6.45, 7) is 3.93. The summed E-state index contributed by atoms with van der Waals surface area (Å²) in [6.07, 6.45) is 3.18. The lowest BCUT2D eigenvalue weighted by atomic mass is 10.1. The SMILES string of the molecule is Cc1ccc(CCC(=O)NCC(=O)NC2CCCNC2)cc1. The van der Waals surface area contributed by atoms with Gasteiger partial charge in [-0.1, -0.05) is 29.8 Å². The number of piperidine rings is 1. The van der Waals surface area contributed by atoms with E-state index in [1.807, 2.05) is 31.2 Å². The Balaban J connectivity index is 1.62. The molecule has 0 bridgehead atoms. The molecule has 120 valence electrons. The van der Waals surface area contributed by atoms with E-state index in [1.54, 1.807) is 0 Å². The highest BCUT2D eigenvalue weighted by atomic mass is 16.2. The lowest BCUT2D eigenvalue weighted by molar-refractivity contribution is -0.126. The summed E-state index contributed by atoms with van der Waals surface area (Å²) in [5, 5.41) is 8.87. The van der Waals surface area contributed by atoms with Crippen molar-refractivity contribution in [1.82, 2.24) is 16.0 Å². The zero-order valence-electron chi connectivity index (χ0n) is 13.2. The Morgan fingerprint density at radius 3 is 2.68 bits per heavy atom. The number of carbonyl (C=O) groups is 2. The Labute approximate surface area is 131 Å². The maximum atomic E-state index is 11.8. The summed E-state index contributed by atoms with van der Waals surface area (Å²) in [7, 11) is 0. The Morgan fingerprint density at radius 2 is 2.00 bits per heavy atom. The Hall–Kier alpha value is -1.88. The maximum absolute atomic E-state index is 11.8. The summed E-state index contributed by atoms with van der Waals surface area (Å²) in [5.41, 5.74) is 2.35. The Bertz CT molecular complexity index is 493. The zero-order valence-corrected chi connectivity index (χ0v) is 13.2. The van der Waals surface area contributed by atoms with Crippen LogP contribution < -0.4 is 16.0 Å². The number of rotatable bonds is 6. The van der Waals surface area contributed by atoms with Crippen LogP contribution in [0.2, 0.25) is 0 Å². The molecule has 1 aliphatic rings. The molecule has 1 aromatic carbocycles. The van der Waals surface area contributed by atoms with E-state index in [1.165, 1.54) is 5.56 Å². The molecular formula is C17H25N3O2. The molecule has 0 aliphatic carbocycles. The van der Waals surface area contributed by atoms with Crippen LogP contribution >= 0.6 is 0 Å². The van der Waals surface area contributed by atoms with Crippen LogP contribution in [-0.4, -0.2) is 37.5 Å². The van der Waals surface area contributed by atoms with Gasteiger partial charge in [-0.15, -0.1) is 0 Å². The van der Waals surface area contributed by atoms with Gasteiger partial charge < -0.3 is 16.0 Å². The smallest absolute Gasteiger partial charge is 0.239 e. The van der Waals surface area contributed by atoms with Crippen LogP contribution in [0.4, 0.5) is 0 Å². The van der Waals surface area contributed by atoms with Crippen molar-refractivity contribution < 1.29 is 9.59 Å². The molecular weight excluding hydrogens is 278 g/mol. The average Bonchev–Trinajstić information content (AvgIpc) is 2.53. The van der Waals surface area contributed by atoms with Crippen molar-refractivity contribution in [2.45, 2.75) is 38.6 Å². The van der Waals surface area contributed by atoms with E-state index in [0.29, 0.717) is 12.8 Å². The summed E-state index contributed by atoms with van der Waals surface area (Å²) >= 11 is 0. The molecule has 1 heterocycles. The van der Waals surface area contributed by atoms with Gasteiger partial charge in [0.15, 0.2) is 0 Å². The molecule has 1 aromatic rings. The lowest BCUT2D eigenvalue weighted by Gasteiger charge is -2.23. The van der Waals surface area contributed by atoms with E-state index in [0.717, 1.165) is 31.5 Å². The van der Waals surface area contributed by atoms with Crippen molar-refractivity contribution in [1.29, 1.82) is 0 Å². The van der Waals surface area contributed by atoms with Gasteiger partial charge in [0.1, 0.15) is 0 Å². The molecule has 0 saturated carbocycles. The van der Waals surface area contributed by atoms with E-state index in [4.69, 9.17) is 0 Å². The van der Waals surface area contributed by atoms with E-state index in [9.17, 15) is 9.59 Å². The van der Waals surface area contributed by atoms with Crippen LogP contribution in [0.5, 0.6) is 0 Å². The second-order valence-corrected chi connectivity index (χ2v) is 5.87. The molecule has 3 N–H and O–H groups in total. The van der Waals surface area contributed by atoms with Crippen molar-refractivity contribution in [2.24, 2.45) is 0 Å². The molecule has 5 heteroatoms. The van der Waals surface area contributed by atoms with Crippen molar-refractivity contribution in [2.75, 3.05) is 19.6 Å². The molecule has 1 fully saturated rings. The third kappa shape index (κ3) is 5.85. The number of benzene rings is 1. The van der Waals surface area contributed by atoms with Gasteiger partial charge in [0.2, 0.25) is 11.8 Å². The van der Waals surface area contributed by atoms with Gasteiger partial charge in [0.25, 0.3) is 0 Å². The van der Waals surface area contributed by atoms with Gasteiger partial charge >= 0.3 is 0 Å². The minimum absolute atomic E-state index is 0.0588. The van der Waals surface area contributed by atoms with Crippen molar-refractivity contribution in [3.63, 3.8) is 0 Å². The van der Waals surface area contributed by atoms with E-state index in [-0.39, 0.29) is 24.4 Å². The molecule has 0 aromatic heterocycles. The fraction of sp³-hybridized carbons (Fsp3) is 0.529. The molecule has 1 unspecified atom stereocenters. The first-order valence-electron chi connectivity index (χ1n) is 7.96. The molecule has 1 aliphatic heterocycles. The third-order valence-corrected chi connectivity index (χ3v) is 3.87. The molecule has 5 nitrogen and oxygen atoms in total.